The largest absolute Gasteiger partial charge is 0.482 e. The van der Waals surface area contributed by atoms with Gasteiger partial charge >= 0.3 is 0 Å². The van der Waals surface area contributed by atoms with E-state index >= 15 is 0 Å². The highest BCUT2D eigenvalue weighted by atomic mass is 16.5. The first-order valence-electron chi connectivity index (χ1n) is 8.03. The van der Waals surface area contributed by atoms with Gasteiger partial charge in [0.05, 0.1) is 5.69 Å². The fourth-order valence-electron chi connectivity index (χ4n) is 2.74. The Morgan fingerprint density at radius 3 is 2.83 bits per heavy atom. The van der Waals surface area contributed by atoms with Gasteiger partial charge in [-0.2, -0.15) is 0 Å². The van der Waals surface area contributed by atoms with Crippen molar-refractivity contribution >= 4 is 23.2 Å². The molecule has 1 heterocycles. The summed E-state index contributed by atoms with van der Waals surface area (Å²) in [4.78, 5) is 26.1. The third-order valence-corrected chi connectivity index (χ3v) is 3.89. The highest BCUT2D eigenvalue weighted by molar-refractivity contribution is 6.05. The van der Waals surface area contributed by atoms with Gasteiger partial charge in [-0.05, 0) is 43.7 Å². The quantitative estimate of drug-likeness (QED) is 0.938. The van der Waals surface area contributed by atoms with E-state index in [9.17, 15) is 9.59 Å². The molecule has 0 saturated carbocycles. The molecule has 5 heteroatoms. The molecule has 1 aliphatic rings. The molecule has 0 atom stereocenters. The van der Waals surface area contributed by atoms with Crippen molar-refractivity contribution in [2.45, 2.75) is 20.3 Å². The van der Waals surface area contributed by atoms with E-state index < -0.39 is 0 Å². The molecule has 5 nitrogen and oxygen atoms in total. The molecule has 0 spiro atoms. The van der Waals surface area contributed by atoms with Crippen LogP contribution in [0, 0.1) is 6.92 Å². The second-order valence-electron chi connectivity index (χ2n) is 5.84. The Hall–Kier alpha value is -2.82. The lowest BCUT2D eigenvalue weighted by Crippen LogP contribution is -2.39. The number of hydrogen-bond acceptors (Lipinski definition) is 3. The summed E-state index contributed by atoms with van der Waals surface area (Å²) in [6.07, 6.45) is 0.852. The smallest absolute Gasteiger partial charge is 0.265 e. The first-order chi connectivity index (χ1) is 11.6. The number of nitrogens with zero attached hydrogens (tertiary/aromatic N) is 1. The van der Waals surface area contributed by atoms with Gasteiger partial charge in [-0.15, -0.1) is 0 Å². The first kappa shape index (κ1) is 16.1. The Morgan fingerprint density at radius 1 is 1.25 bits per heavy atom. The van der Waals surface area contributed by atoms with Gasteiger partial charge in [-0.3, -0.25) is 9.59 Å². The van der Waals surface area contributed by atoms with Gasteiger partial charge in [-0.1, -0.05) is 24.6 Å². The summed E-state index contributed by atoms with van der Waals surface area (Å²) in [5, 5.41) is 2.88. The molecule has 2 aromatic carbocycles. The van der Waals surface area contributed by atoms with Crippen molar-refractivity contribution in [1.29, 1.82) is 0 Å². The van der Waals surface area contributed by atoms with E-state index in [0.717, 1.165) is 12.0 Å². The average Bonchev–Trinajstić information content (AvgIpc) is 2.57. The minimum atomic E-state index is -0.177. The summed E-state index contributed by atoms with van der Waals surface area (Å²) < 4.78 is 5.47. The van der Waals surface area contributed by atoms with Crippen molar-refractivity contribution < 1.29 is 14.3 Å². The second kappa shape index (κ2) is 6.74. The SMILES string of the molecule is CCCN1C(=O)COc2ccc(NC(=O)c3cccc(C)c3)cc21. The summed E-state index contributed by atoms with van der Waals surface area (Å²) in [5.41, 5.74) is 2.97. The molecule has 2 aromatic rings. The monoisotopic (exact) mass is 324 g/mol. The number of fused-ring (bicyclic) bond motifs is 1. The van der Waals surface area contributed by atoms with Gasteiger partial charge in [0, 0.05) is 17.8 Å². The Bertz CT molecular complexity index is 786. The van der Waals surface area contributed by atoms with E-state index in [-0.39, 0.29) is 18.4 Å². The molecule has 0 aromatic heterocycles. The Balaban J connectivity index is 1.85. The fourth-order valence-corrected chi connectivity index (χ4v) is 2.74. The molecule has 1 N–H and O–H groups in total. The summed E-state index contributed by atoms with van der Waals surface area (Å²) in [7, 11) is 0. The number of ether oxygens (including phenoxy) is 1. The van der Waals surface area contributed by atoms with Gasteiger partial charge in [-0.25, -0.2) is 0 Å². The van der Waals surface area contributed by atoms with Gasteiger partial charge < -0.3 is 15.0 Å². The molecule has 24 heavy (non-hydrogen) atoms. The highest BCUT2D eigenvalue weighted by Crippen LogP contribution is 2.34. The molecule has 124 valence electrons. The van der Waals surface area contributed by atoms with Crippen LogP contribution in [0.2, 0.25) is 0 Å². The maximum atomic E-state index is 12.4. The molecule has 0 aliphatic carbocycles. The predicted octanol–water partition coefficient (Wildman–Crippen LogP) is 3.38. The van der Waals surface area contributed by atoms with Crippen molar-refractivity contribution in [2.24, 2.45) is 0 Å². The third-order valence-electron chi connectivity index (χ3n) is 3.89. The van der Waals surface area contributed by atoms with Crippen molar-refractivity contribution in [3.05, 3.63) is 53.6 Å². The molecule has 3 rings (SSSR count). The number of nitrogens with one attached hydrogen (secondary N) is 1. The molecule has 1 aliphatic heterocycles. The minimum Gasteiger partial charge on any atom is -0.482 e. The fraction of sp³-hybridized carbons (Fsp3) is 0.263. The number of benzene rings is 2. The topological polar surface area (TPSA) is 58.6 Å². The standard InChI is InChI=1S/C19H20N2O3/c1-3-9-21-16-11-15(7-8-17(16)24-12-18(21)22)20-19(23)14-6-4-5-13(2)10-14/h4-8,10-11H,3,9,12H2,1-2H3,(H,20,23). The lowest BCUT2D eigenvalue weighted by Gasteiger charge is -2.29. The van der Waals surface area contributed by atoms with E-state index in [2.05, 4.69) is 5.32 Å². The van der Waals surface area contributed by atoms with Gasteiger partial charge in [0.15, 0.2) is 6.61 Å². The summed E-state index contributed by atoms with van der Waals surface area (Å²) >= 11 is 0. The van der Waals surface area contributed by atoms with E-state index in [1.165, 1.54) is 0 Å². The van der Waals surface area contributed by atoms with Crippen LogP contribution in [0.3, 0.4) is 0 Å². The zero-order chi connectivity index (χ0) is 17.1. The maximum absolute atomic E-state index is 12.4. The zero-order valence-electron chi connectivity index (χ0n) is 13.8. The zero-order valence-corrected chi connectivity index (χ0v) is 13.8. The molecule has 2 amide bonds. The van der Waals surface area contributed by atoms with Crippen molar-refractivity contribution in [2.75, 3.05) is 23.4 Å². The van der Waals surface area contributed by atoms with Crippen LogP contribution in [-0.2, 0) is 4.79 Å². The number of aryl methyl sites for hydroxylation is 1. The number of rotatable bonds is 4. The van der Waals surface area contributed by atoms with Crippen LogP contribution in [0.5, 0.6) is 5.75 Å². The van der Waals surface area contributed by atoms with Crippen LogP contribution < -0.4 is 15.0 Å². The van der Waals surface area contributed by atoms with E-state index in [1.54, 1.807) is 29.2 Å². The van der Waals surface area contributed by atoms with Gasteiger partial charge in [0.25, 0.3) is 11.8 Å². The molecule has 0 fully saturated rings. The normalized spacial score (nSPS) is 13.2. The molecular formula is C19H20N2O3. The van der Waals surface area contributed by atoms with Crippen LogP contribution in [0.1, 0.15) is 29.3 Å². The molecular weight excluding hydrogens is 304 g/mol. The lowest BCUT2D eigenvalue weighted by atomic mass is 10.1. The Kier molecular flexibility index (Phi) is 4.51. The molecule has 0 saturated heterocycles. The summed E-state index contributed by atoms with van der Waals surface area (Å²) in [6.45, 7) is 4.65. The minimum absolute atomic E-state index is 0.0575. The summed E-state index contributed by atoms with van der Waals surface area (Å²) in [5.74, 6) is 0.423. The highest BCUT2D eigenvalue weighted by Gasteiger charge is 2.25. The van der Waals surface area contributed by atoms with Gasteiger partial charge in [0.2, 0.25) is 0 Å². The molecule has 0 unspecified atom stereocenters. The van der Waals surface area contributed by atoms with Crippen LogP contribution in [0.4, 0.5) is 11.4 Å². The van der Waals surface area contributed by atoms with Crippen LogP contribution in [0.25, 0.3) is 0 Å². The average molecular weight is 324 g/mol. The van der Waals surface area contributed by atoms with Crippen molar-refractivity contribution in [1.82, 2.24) is 0 Å². The second-order valence-corrected chi connectivity index (χ2v) is 5.84. The number of hydrogen-bond donors (Lipinski definition) is 1. The Labute approximate surface area is 141 Å². The van der Waals surface area contributed by atoms with E-state index in [0.29, 0.717) is 29.2 Å². The van der Waals surface area contributed by atoms with E-state index in [1.807, 2.05) is 32.0 Å². The number of anilines is 2. The van der Waals surface area contributed by atoms with E-state index in [4.69, 9.17) is 4.74 Å². The maximum Gasteiger partial charge on any atom is 0.265 e. The van der Waals surface area contributed by atoms with Crippen molar-refractivity contribution in [3.63, 3.8) is 0 Å². The number of carbonyl (C=O) groups is 2. The first-order valence-corrected chi connectivity index (χ1v) is 8.03. The number of amides is 2. The van der Waals surface area contributed by atoms with Crippen LogP contribution in [-0.4, -0.2) is 25.0 Å². The molecule has 0 bridgehead atoms. The molecule has 0 radical (unpaired) electrons. The van der Waals surface area contributed by atoms with Crippen LogP contribution in [0.15, 0.2) is 42.5 Å². The van der Waals surface area contributed by atoms with Gasteiger partial charge in [0.1, 0.15) is 5.75 Å². The summed E-state index contributed by atoms with van der Waals surface area (Å²) in [6, 6.07) is 12.8. The Morgan fingerprint density at radius 2 is 2.08 bits per heavy atom. The third kappa shape index (κ3) is 3.25. The lowest BCUT2D eigenvalue weighted by molar-refractivity contribution is -0.121. The number of carbonyl (C=O) groups excluding carboxylic acids is 2. The van der Waals surface area contributed by atoms with Crippen LogP contribution >= 0.6 is 0 Å². The predicted molar refractivity (Wildman–Crippen MR) is 93.7 cm³/mol. The van der Waals surface area contributed by atoms with Crippen molar-refractivity contribution in [3.8, 4) is 5.75 Å².